The molecule has 0 aromatic heterocycles. The zero-order chi connectivity index (χ0) is 12.7. The quantitative estimate of drug-likeness (QED) is 0.790. The monoisotopic (exact) mass is 248 g/mol. The average molecular weight is 248 g/mol. The molecule has 94 valence electrons. The van der Waals surface area contributed by atoms with Crippen LogP contribution in [-0.2, 0) is 23.1 Å². The van der Waals surface area contributed by atoms with Gasteiger partial charge in [0.2, 0.25) is 0 Å². The number of fused-ring (bicyclic) bond motifs is 1. The van der Waals surface area contributed by atoms with E-state index in [0.717, 1.165) is 12.1 Å². The van der Waals surface area contributed by atoms with Crippen LogP contribution in [0, 0.1) is 0 Å². The molecule has 3 nitrogen and oxygen atoms in total. The molecule has 0 aliphatic carbocycles. The third kappa shape index (κ3) is 2.15. The summed E-state index contributed by atoms with van der Waals surface area (Å²) in [5.74, 6) is 0. The summed E-state index contributed by atoms with van der Waals surface area (Å²) >= 11 is 0. The van der Waals surface area contributed by atoms with Crippen molar-refractivity contribution >= 4 is 0 Å². The highest BCUT2D eigenvalue weighted by atomic mass is 19.4. The number of aliphatic hydroxyl groups excluding tert-OH is 1. The van der Waals surface area contributed by atoms with Gasteiger partial charge in [-0.1, -0.05) is 6.07 Å². The van der Waals surface area contributed by atoms with Gasteiger partial charge in [0.15, 0.2) is 0 Å². The molecule has 0 spiro atoms. The summed E-state index contributed by atoms with van der Waals surface area (Å²) in [5, 5.41) is 19.0. The van der Waals surface area contributed by atoms with Crippen LogP contribution in [0.5, 0.6) is 0 Å². The summed E-state index contributed by atoms with van der Waals surface area (Å²) in [6.45, 7) is -0.713. The lowest BCUT2D eigenvalue weighted by atomic mass is 9.88. The highest BCUT2D eigenvalue weighted by Crippen LogP contribution is 2.35. The highest BCUT2D eigenvalue weighted by molar-refractivity contribution is 5.38. The van der Waals surface area contributed by atoms with Gasteiger partial charge in [0, 0.05) is 0 Å². The van der Waals surface area contributed by atoms with E-state index >= 15 is 0 Å². The van der Waals surface area contributed by atoms with Gasteiger partial charge < -0.3 is 14.9 Å². The molecule has 1 aromatic rings. The van der Waals surface area contributed by atoms with E-state index in [1.54, 1.807) is 0 Å². The van der Waals surface area contributed by atoms with Crippen LogP contribution < -0.4 is 0 Å². The van der Waals surface area contributed by atoms with Crippen LogP contribution in [0.25, 0.3) is 0 Å². The van der Waals surface area contributed by atoms with Crippen LogP contribution in [0.3, 0.4) is 0 Å². The number of halogens is 3. The van der Waals surface area contributed by atoms with Crippen LogP contribution >= 0.6 is 0 Å². The van der Waals surface area contributed by atoms with Crippen molar-refractivity contribution < 1.29 is 28.1 Å². The molecule has 1 aromatic carbocycles. The SMILES string of the molecule is OCC1(O)COCc2cc(C(F)(F)F)ccc21. The van der Waals surface area contributed by atoms with E-state index in [1.165, 1.54) is 6.07 Å². The number of benzene rings is 1. The van der Waals surface area contributed by atoms with Crippen LogP contribution in [0.4, 0.5) is 13.2 Å². The Balaban J connectivity index is 2.47. The molecule has 0 saturated heterocycles. The van der Waals surface area contributed by atoms with Crippen molar-refractivity contribution in [3.8, 4) is 0 Å². The molecular formula is C11H11F3O3. The molecular weight excluding hydrogens is 237 g/mol. The fraction of sp³-hybridized carbons (Fsp3) is 0.455. The number of aliphatic hydroxyl groups is 2. The van der Waals surface area contributed by atoms with Gasteiger partial charge in [-0.2, -0.15) is 13.2 Å². The summed E-state index contributed by atoms with van der Waals surface area (Å²) in [7, 11) is 0. The predicted molar refractivity (Wildman–Crippen MR) is 52.1 cm³/mol. The topological polar surface area (TPSA) is 49.7 Å². The Morgan fingerprint density at radius 1 is 1.35 bits per heavy atom. The fourth-order valence-electron chi connectivity index (χ4n) is 1.88. The molecule has 17 heavy (non-hydrogen) atoms. The number of ether oxygens (including phenoxy) is 1. The minimum absolute atomic E-state index is 0.00155. The van der Waals surface area contributed by atoms with Gasteiger partial charge in [0.1, 0.15) is 5.60 Å². The molecule has 1 aliphatic heterocycles. The number of hydrogen-bond donors (Lipinski definition) is 2. The molecule has 2 N–H and O–H groups in total. The lowest BCUT2D eigenvalue weighted by molar-refractivity contribution is -0.138. The Bertz CT molecular complexity index is 430. The second-order valence-electron chi connectivity index (χ2n) is 4.05. The molecule has 2 rings (SSSR count). The molecule has 6 heteroatoms. The maximum Gasteiger partial charge on any atom is 0.416 e. The standard InChI is InChI=1S/C11H11F3O3/c12-11(13,14)8-1-2-9-7(3-8)4-17-6-10(9,16)5-15/h1-3,15-16H,4-6H2. The molecule has 0 fully saturated rings. The first-order valence-electron chi connectivity index (χ1n) is 4.98. The van der Waals surface area contributed by atoms with Crippen LogP contribution in [-0.4, -0.2) is 23.4 Å². The molecule has 1 heterocycles. The van der Waals surface area contributed by atoms with Gasteiger partial charge in [0.05, 0.1) is 25.4 Å². The lowest BCUT2D eigenvalue weighted by Crippen LogP contribution is -2.39. The third-order valence-electron chi connectivity index (χ3n) is 2.79. The minimum Gasteiger partial charge on any atom is -0.393 e. The van der Waals surface area contributed by atoms with Crippen molar-refractivity contribution in [2.45, 2.75) is 18.4 Å². The van der Waals surface area contributed by atoms with Crippen LogP contribution in [0.15, 0.2) is 18.2 Å². The van der Waals surface area contributed by atoms with Crippen molar-refractivity contribution in [1.82, 2.24) is 0 Å². The molecule has 1 unspecified atom stereocenters. The van der Waals surface area contributed by atoms with Gasteiger partial charge in [-0.25, -0.2) is 0 Å². The Hall–Kier alpha value is -1.11. The lowest BCUT2D eigenvalue weighted by Gasteiger charge is -2.33. The van der Waals surface area contributed by atoms with E-state index in [4.69, 9.17) is 9.84 Å². The van der Waals surface area contributed by atoms with Crippen LogP contribution in [0.1, 0.15) is 16.7 Å². The third-order valence-corrected chi connectivity index (χ3v) is 2.79. The van der Waals surface area contributed by atoms with Crippen molar-refractivity contribution in [3.05, 3.63) is 34.9 Å². The Labute approximate surface area is 95.4 Å². The van der Waals surface area contributed by atoms with Gasteiger partial charge in [-0.3, -0.25) is 0 Å². The maximum absolute atomic E-state index is 12.5. The Kier molecular flexibility index (Phi) is 2.89. The average Bonchev–Trinajstić information content (AvgIpc) is 2.28. The van der Waals surface area contributed by atoms with Crippen molar-refractivity contribution in [3.63, 3.8) is 0 Å². The summed E-state index contributed by atoms with van der Waals surface area (Å²) in [4.78, 5) is 0. The highest BCUT2D eigenvalue weighted by Gasteiger charge is 2.37. The zero-order valence-corrected chi connectivity index (χ0v) is 8.79. The maximum atomic E-state index is 12.5. The molecule has 0 saturated carbocycles. The number of alkyl halides is 3. The van der Waals surface area contributed by atoms with Gasteiger partial charge >= 0.3 is 6.18 Å². The molecule has 1 aliphatic rings. The molecule has 0 amide bonds. The summed E-state index contributed by atoms with van der Waals surface area (Å²) in [6, 6.07) is 3.02. The molecule has 1 atom stereocenters. The smallest absolute Gasteiger partial charge is 0.393 e. The van der Waals surface area contributed by atoms with E-state index in [0.29, 0.717) is 5.56 Å². The Morgan fingerprint density at radius 2 is 2.06 bits per heavy atom. The Morgan fingerprint density at radius 3 is 2.65 bits per heavy atom. The van der Waals surface area contributed by atoms with Gasteiger partial charge in [-0.15, -0.1) is 0 Å². The van der Waals surface area contributed by atoms with Crippen LogP contribution in [0.2, 0.25) is 0 Å². The van der Waals surface area contributed by atoms with Crippen molar-refractivity contribution in [2.24, 2.45) is 0 Å². The van der Waals surface area contributed by atoms with Gasteiger partial charge in [0.25, 0.3) is 0 Å². The van der Waals surface area contributed by atoms with Crippen molar-refractivity contribution in [1.29, 1.82) is 0 Å². The fourth-order valence-corrected chi connectivity index (χ4v) is 1.88. The normalized spacial score (nSPS) is 24.5. The van der Waals surface area contributed by atoms with Gasteiger partial charge in [-0.05, 0) is 23.3 Å². The zero-order valence-electron chi connectivity index (χ0n) is 8.79. The van der Waals surface area contributed by atoms with E-state index in [1.807, 2.05) is 0 Å². The number of rotatable bonds is 1. The van der Waals surface area contributed by atoms with E-state index in [9.17, 15) is 18.3 Å². The summed E-state index contributed by atoms with van der Waals surface area (Å²) < 4.78 is 42.4. The minimum atomic E-state index is -4.43. The van der Waals surface area contributed by atoms with E-state index in [2.05, 4.69) is 0 Å². The second kappa shape index (κ2) is 3.97. The van der Waals surface area contributed by atoms with E-state index in [-0.39, 0.29) is 18.8 Å². The first-order chi connectivity index (χ1) is 7.87. The number of hydrogen-bond acceptors (Lipinski definition) is 3. The largest absolute Gasteiger partial charge is 0.416 e. The summed E-state index contributed by atoms with van der Waals surface area (Å²) in [6.07, 6.45) is -4.43. The predicted octanol–water partition coefficient (Wildman–Crippen LogP) is 1.42. The first-order valence-corrected chi connectivity index (χ1v) is 4.98. The molecule has 0 radical (unpaired) electrons. The summed E-state index contributed by atoms with van der Waals surface area (Å²) in [5.41, 5.74) is -1.86. The van der Waals surface area contributed by atoms with E-state index < -0.39 is 23.9 Å². The second-order valence-corrected chi connectivity index (χ2v) is 4.05. The van der Waals surface area contributed by atoms with Crippen molar-refractivity contribution in [2.75, 3.05) is 13.2 Å². The first kappa shape index (κ1) is 12.3. The molecule has 0 bridgehead atoms.